The van der Waals surface area contributed by atoms with Crippen molar-refractivity contribution in [2.75, 3.05) is 0 Å². The van der Waals surface area contributed by atoms with Crippen molar-refractivity contribution in [3.63, 3.8) is 0 Å². The highest BCUT2D eigenvalue weighted by Crippen LogP contribution is 2.05. The monoisotopic (exact) mass is 136 g/mol. The normalized spacial score (nSPS) is 10.5. The molecule has 3 N–H and O–H groups in total. The summed E-state index contributed by atoms with van der Waals surface area (Å²) >= 11 is 0. The summed E-state index contributed by atoms with van der Waals surface area (Å²) in [5, 5.41) is 0. The van der Waals surface area contributed by atoms with Gasteiger partial charge in [-0.05, 0) is 19.1 Å². The molecule has 0 unspecified atom stereocenters. The van der Waals surface area contributed by atoms with Gasteiger partial charge >= 0.3 is 0 Å². The van der Waals surface area contributed by atoms with E-state index in [9.17, 15) is 0 Å². The van der Waals surface area contributed by atoms with Crippen LogP contribution in [0.15, 0.2) is 0 Å². The summed E-state index contributed by atoms with van der Waals surface area (Å²) in [6, 6.07) is 1.03. The van der Waals surface area contributed by atoms with Gasteiger partial charge in [0.05, 0.1) is 0 Å². The van der Waals surface area contributed by atoms with Crippen LogP contribution >= 0.6 is 0 Å². The van der Waals surface area contributed by atoms with Gasteiger partial charge in [0.1, 0.15) is 0 Å². The molecule has 0 spiro atoms. The van der Waals surface area contributed by atoms with Crippen molar-refractivity contribution in [1.29, 1.82) is 0 Å². The first-order valence-electron chi connectivity index (χ1n) is 2.78. The predicted octanol–water partition coefficient (Wildman–Crippen LogP) is 0.769. The molecule has 8 heavy (non-hydrogen) atoms. The van der Waals surface area contributed by atoms with Crippen LogP contribution < -0.4 is 0 Å². The van der Waals surface area contributed by atoms with Gasteiger partial charge < -0.3 is 10.3 Å². The van der Waals surface area contributed by atoms with Crippen LogP contribution in [0.5, 0.6) is 0 Å². The Kier molecular flexibility index (Phi) is 5.58. The van der Waals surface area contributed by atoms with E-state index in [2.05, 4.69) is 6.92 Å². The van der Waals surface area contributed by atoms with Gasteiger partial charge in [-0.1, -0.05) is 13.3 Å². The number of rotatable bonds is 2. The van der Waals surface area contributed by atoms with Crippen molar-refractivity contribution in [1.82, 2.24) is 0 Å². The first kappa shape index (κ1) is 11.0. The van der Waals surface area contributed by atoms with Gasteiger partial charge in [-0.15, -0.1) is 0 Å². The average molecular weight is 136 g/mol. The molecule has 0 atom stereocenters. The Morgan fingerprint density at radius 3 is 1.75 bits per heavy atom. The molecule has 0 amide bonds. The molecule has 0 rings (SSSR count). The Balaban J connectivity index is 0. The standard InChI is InChI=1S/C5H14OSi.H2O/c1-4-5-7(2,3)6;/h6H,4-5H2,1-3H3;1H2. The van der Waals surface area contributed by atoms with Crippen LogP contribution in [0.25, 0.3) is 0 Å². The molecule has 0 aromatic carbocycles. The van der Waals surface area contributed by atoms with E-state index in [1.165, 1.54) is 0 Å². The summed E-state index contributed by atoms with van der Waals surface area (Å²) in [6.45, 7) is 6.04. The van der Waals surface area contributed by atoms with Crippen LogP contribution in [-0.4, -0.2) is 18.6 Å². The Labute approximate surface area is 52.0 Å². The van der Waals surface area contributed by atoms with Crippen LogP contribution in [0.3, 0.4) is 0 Å². The minimum Gasteiger partial charge on any atom is -0.432 e. The van der Waals surface area contributed by atoms with Crippen LogP contribution in [0.1, 0.15) is 13.3 Å². The summed E-state index contributed by atoms with van der Waals surface area (Å²) in [6.07, 6.45) is 1.12. The number of hydrogen-bond donors (Lipinski definition) is 1. The van der Waals surface area contributed by atoms with E-state index in [0.29, 0.717) is 0 Å². The second-order valence-electron chi connectivity index (χ2n) is 2.56. The highest BCUT2D eigenvalue weighted by Gasteiger charge is 2.13. The Morgan fingerprint density at radius 2 is 1.75 bits per heavy atom. The summed E-state index contributed by atoms with van der Waals surface area (Å²) in [4.78, 5) is 9.16. The second kappa shape index (κ2) is 4.06. The number of hydrogen-bond acceptors (Lipinski definition) is 1. The first-order valence-corrected chi connectivity index (χ1v) is 5.94. The van der Waals surface area contributed by atoms with E-state index >= 15 is 0 Å². The maximum Gasteiger partial charge on any atom is 0.182 e. The molecule has 0 heterocycles. The first-order chi connectivity index (χ1) is 3.06. The van der Waals surface area contributed by atoms with E-state index < -0.39 is 8.32 Å². The fourth-order valence-electron chi connectivity index (χ4n) is 0.612. The molecular formula is C5H16O2Si. The molecule has 0 aromatic rings. The van der Waals surface area contributed by atoms with Gasteiger partial charge in [0.25, 0.3) is 0 Å². The molecule has 52 valence electrons. The van der Waals surface area contributed by atoms with Crippen LogP contribution in [0.2, 0.25) is 19.1 Å². The van der Waals surface area contributed by atoms with Gasteiger partial charge in [-0.3, -0.25) is 0 Å². The Morgan fingerprint density at radius 1 is 1.38 bits per heavy atom. The van der Waals surface area contributed by atoms with Crippen molar-refractivity contribution in [3.8, 4) is 0 Å². The summed E-state index contributed by atoms with van der Waals surface area (Å²) < 4.78 is 0. The molecule has 2 nitrogen and oxygen atoms in total. The molecule has 0 aliphatic rings. The second-order valence-corrected chi connectivity index (χ2v) is 6.69. The predicted molar refractivity (Wildman–Crippen MR) is 38.4 cm³/mol. The van der Waals surface area contributed by atoms with E-state index in [-0.39, 0.29) is 5.48 Å². The van der Waals surface area contributed by atoms with Crippen LogP contribution in [0, 0.1) is 0 Å². The van der Waals surface area contributed by atoms with Gasteiger partial charge in [-0.2, -0.15) is 0 Å². The molecule has 0 saturated heterocycles. The lowest BCUT2D eigenvalue weighted by molar-refractivity contribution is 0.546. The van der Waals surface area contributed by atoms with Crippen molar-refractivity contribution >= 4 is 8.32 Å². The minimum absolute atomic E-state index is 0. The quantitative estimate of drug-likeness (QED) is 0.560. The fraction of sp³-hybridized carbons (Fsp3) is 1.00. The zero-order valence-electron chi connectivity index (χ0n) is 5.86. The van der Waals surface area contributed by atoms with Crippen LogP contribution in [0.4, 0.5) is 0 Å². The van der Waals surface area contributed by atoms with E-state index in [1.807, 2.05) is 13.1 Å². The van der Waals surface area contributed by atoms with Crippen molar-refractivity contribution in [2.24, 2.45) is 0 Å². The maximum absolute atomic E-state index is 9.16. The Bertz CT molecular complexity index is 48.9. The molecule has 0 aliphatic carbocycles. The topological polar surface area (TPSA) is 51.7 Å². The molecule has 0 aliphatic heterocycles. The van der Waals surface area contributed by atoms with Crippen molar-refractivity contribution < 1.29 is 10.3 Å². The molecule has 0 radical (unpaired) electrons. The molecular weight excluding hydrogens is 120 g/mol. The van der Waals surface area contributed by atoms with Gasteiger partial charge in [0.2, 0.25) is 0 Å². The molecule has 0 fully saturated rings. The van der Waals surface area contributed by atoms with E-state index in [4.69, 9.17) is 4.80 Å². The van der Waals surface area contributed by atoms with Gasteiger partial charge in [-0.25, -0.2) is 0 Å². The minimum atomic E-state index is -1.66. The maximum atomic E-state index is 9.16. The third kappa shape index (κ3) is 9.46. The highest BCUT2D eigenvalue weighted by atomic mass is 28.4. The zero-order chi connectivity index (χ0) is 5.91. The summed E-state index contributed by atoms with van der Waals surface area (Å²) in [5.74, 6) is 0. The lowest BCUT2D eigenvalue weighted by Gasteiger charge is -2.10. The fourth-order valence-corrected chi connectivity index (χ4v) is 1.84. The van der Waals surface area contributed by atoms with E-state index in [0.717, 1.165) is 12.5 Å². The van der Waals surface area contributed by atoms with Crippen LogP contribution in [-0.2, 0) is 0 Å². The highest BCUT2D eigenvalue weighted by molar-refractivity contribution is 6.69. The molecule has 0 aromatic heterocycles. The third-order valence-electron chi connectivity index (χ3n) is 0.862. The van der Waals surface area contributed by atoms with Gasteiger partial charge in [0.15, 0.2) is 8.32 Å². The summed E-state index contributed by atoms with van der Waals surface area (Å²) in [5.41, 5.74) is 0. The van der Waals surface area contributed by atoms with Gasteiger partial charge in [0, 0.05) is 0 Å². The Hall–Kier alpha value is 0.137. The van der Waals surface area contributed by atoms with E-state index in [1.54, 1.807) is 0 Å². The van der Waals surface area contributed by atoms with Crippen molar-refractivity contribution in [3.05, 3.63) is 0 Å². The molecule has 0 saturated carbocycles. The molecule has 0 bridgehead atoms. The van der Waals surface area contributed by atoms with Crippen molar-refractivity contribution in [2.45, 2.75) is 32.5 Å². The lowest BCUT2D eigenvalue weighted by Crippen LogP contribution is -2.23. The smallest absolute Gasteiger partial charge is 0.182 e. The largest absolute Gasteiger partial charge is 0.432 e. The third-order valence-corrected chi connectivity index (χ3v) is 2.59. The molecule has 3 heteroatoms. The SMILES string of the molecule is CCC[Si](C)(C)O.O. The lowest BCUT2D eigenvalue weighted by atomic mass is 10.6. The average Bonchev–Trinajstić information content (AvgIpc) is 1.30. The summed E-state index contributed by atoms with van der Waals surface area (Å²) in [7, 11) is -1.66. The zero-order valence-corrected chi connectivity index (χ0v) is 6.86.